The summed E-state index contributed by atoms with van der Waals surface area (Å²) in [5.74, 6) is 0.743. The molecule has 0 amide bonds. The fourth-order valence-corrected chi connectivity index (χ4v) is 2.70. The zero-order valence-corrected chi connectivity index (χ0v) is 11.2. The molecule has 0 aliphatic carbocycles. The Labute approximate surface area is 107 Å². The highest BCUT2D eigenvalue weighted by molar-refractivity contribution is 5.78. The van der Waals surface area contributed by atoms with E-state index in [1.807, 2.05) is 4.57 Å². The lowest BCUT2D eigenvalue weighted by molar-refractivity contribution is 0.342. The molecule has 0 saturated heterocycles. The monoisotopic (exact) mass is 249 g/mol. The lowest BCUT2D eigenvalue weighted by Crippen LogP contribution is -2.17. The summed E-state index contributed by atoms with van der Waals surface area (Å²) in [6, 6.07) is 4.92. The van der Waals surface area contributed by atoms with Gasteiger partial charge in [-0.15, -0.1) is 0 Å². The summed E-state index contributed by atoms with van der Waals surface area (Å²) in [5, 5.41) is 0. The third-order valence-electron chi connectivity index (χ3n) is 3.82. The summed E-state index contributed by atoms with van der Waals surface area (Å²) < 4.78 is 15.2. The Bertz CT molecular complexity index is 543. The number of fused-ring (bicyclic) bond motifs is 1. The third kappa shape index (κ3) is 2.07. The van der Waals surface area contributed by atoms with Crippen LogP contribution in [0.5, 0.6) is 0 Å². The van der Waals surface area contributed by atoms with Gasteiger partial charge in [0, 0.05) is 12.1 Å². The molecule has 0 aliphatic heterocycles. The van der Waals surface area contributed by atoms with Gasteiger partial charge in [-0.05, 0) is 25.0 Å². The van der Waals surface area contributed by atoms with Crippen LogP contribution in [0.1, 0.15) is 39.7 Å². The summed E-state index contributed by atoms with van der Waals surface area (Å²) in [5.41, 5.74) is 7.52. The molecule has 3 nitrogen and oxygen atoms in total. The molecule has 2 aromatic rings. The number of hydrogen-bond acceptors (Lipinski definition) is 2. The van der Waals surface area contributed by atoms with E-state index < -0.39 is 0 Å². The van der Waals surface area contributed by atoms with Crippen molar-refractivity contribution in [2.75, 3.05) is 5.73 Å². The smallest absolute Gasteiger partial charge is 0.201 e. The molecule has 98 valence electrons. The lowest BCUT2D eigenvalue weighted by atomic mass is 9.95. The van der Waals surface area contributed by atoms with Crippen molar-refractivity contribution in [3.8, 4) is 0 Å². The zero-order valence-electron chi connectivity index (χ0n) is 11.2. The summed E-state index contributed by atoms with van der Waals surface area (Å²) >= 11 is 0. The van der Waals surface area contributed by atoms with E-state index in [-0.39, 0.29) is 11.9 Å². The third-order valence-corrected chi connectivity index (χ3v) is 3.82. The predicted molar refractivity (Wildman–Crippen MR) is 72.9 cm³/mol. The fourth-order valence-electron chi connectivity index (χ4n) is 2.70. The lowest BCUT2D eigenvalue weighted by Gasteiger charge is -2.24. The molecule has 1 aromatic carbocycles. The molecule has 1 atom stereocenters. The van der Waals surface area contributed by atoms with Crippen molar-refractivity contribution in [2.24, 2.45) is 5.92 Å². The second-order valence-corrected chi connectivity index (χ2v) is 4.79. The van der Waals surface area contributed by atoms with Crippen molar-refractivity contribution in [1.82, 2.24) is 9.55 Å². The van der Waals surface area contributed by atoms with Crippen molar-refractivity contribution in [1.29, 1.82) is 0 Å². The van der Waals surface area contributed by atoms with Crippen molar-refractivity contribution < 1.29 is 4.39 Å². The molecule has 0 spiro atoms. The Kier molecular flexibility index (Phi) is 3.55. The van der Waals surface area contributed by atoms with Gasteiger partial charge in [0.25, 0.3) is 0 Å². The van der Waals surface area contributed by atoms with E-state index in [1.165, 1.54) is 12.1 Å². The van der Waals surface area contributed by atoms with Crippen LogP contribution in [0.4, 0.5) is 10.3 Å². The largest absolute Gasteiger partial charge is 0.369 e. The second kappa shape index (κ2) is 4.96. The van der Waals surface area contributed by atoms with Crippen molar-refractivity contribution in [2.45, 2.75) is 39.7 Å². The highest BCUT2D eigenvalue weighted by Crippen LogP contribution is 2.30. The van der Waals surface area contributed by atoms with Gasteiger partial charge < -0.3 is 10.3 Å². The van der Waals surface area contributed by atoms with Crippen LogP contribution in [0.15, 0.2) is 18.2 Å². The van der Waals surface area contributed by atoms with E-state index in [1.54, 1.807) is 6.07 Å². The first kappa shape index (κ1) is 12.9. The topological polar surface area (TPSA) is 43.8 Å². The van der Waals surface area contributed by atoms with E-state index >= 15 is 0 Å². The maximum atomic E-state index is 13.2. The van der Waals surface area contributed by atoms with Crippen LogP contribution in [0.25, 0.3) is 11.0 Å². The van der Waals surface area contributed by atoms with Gasteiger partial charge in [0.1, 0.15) is 5.82 Å². The summed E-state index contributed by atoms with van der Waals surface area (Å²) in [7, 11) is 0. The van der Waals surface area contributed by atoms with Crippen LogP contribution in [-0.2, 0) is 0 Å². The Hall–Kier alpha value is -1.58. The number of nitrogens with zero attached hydrogens (tertiary/aromatic N) is 2. The van der Waals surface area contributed by atoms with Crippen LogP contribution >= 0.6 is 0 Å². The van der Waals surface area contributed by atoms with E-state index in [4.69, 9.17) is 5.73 Å². The SMILES string of the molecule is CCC(CC)C(C)n1c(N)nc2cc(F)ccc21. The number of rotatable bonds is 4. The first-order valence-corrected chi connectivity index (χ1v) is 6.51. The first-order chi connectivity index (χ1) is 8.58. The molecule has 2 N–H and O–H groups in total. The molecule has 1 aromatic heterocycles. The molecule has 0 fully saturated rings. The molecule has 1 heterocycles. The van der Waals surface area contributed by atoms with Crippen molar-refractivity contribution in [3.05, 3.63) is 24.0 Å². The van der Waals surface area contributed by atoms with Gasteiger partial charge in [-0.2, -0.15) is 0 Å². The molecule has 1 unspecified atom stereocenters. The highest BCUT2D eigenvalue weighted by atomic mass is 19.1. The molecule has 18 heavy (non-hydrogen) atoms. The number of nitrogen functional groups attached to an aromatic ring is 1. The number of aromatic nitrogens is 2. The summed E-state index contributed by atoms with van der Waals surface area (Å²) in [6.07, 6.45) is 2.19. The second-order valence-electron chi connectivity index (χ2n) is 4.79. The quantitative estimate of drug-likeness (QED) is 0.896. The van der Waals surface area contributed by atoms with E-state index in [0.717, 1.165) is 18.4 Å². The van der Waals surface area contributed by atoms with Gasteiger partial charge in [-0.25, -0.2) is 9.37 Å². The van der Waals surface area contributed by atoms with Gasteiger partial charge >= 0.3 is 0 Å². The van der Waals surface area contributed by atoms with Crippen LogP contribution < -0.4 is 5.73 Å². The van der Waals surface area contributed by atoms with Gasteiger partial charge in [-0.3, -0.25) is 0 Å². The number of nitrogens with two attached hydrogens (primary N) is 1. The molecule has 0 aliphatic rings. The standard InChI is InChI=1S/C14H20FN3/c1-4-10(5-2)9(3)18-13-7-6-11(15)8-12(13)17-14(18)16/h6-10H,4-5H2,1-3H3,(H2,16,17). The molecule has 0 saturated carbocycles. The average Bonchev–Trinajstić information content (AvgIpc) is 2.65. The normalized spacial score (nSPS) is 13.4. The van der Waals surface area contributed by atoms with Gasteiger partial charge in [0.05, 0.1) is 11.0 Å². The van der Waals surface area contributed by atoms with Crippen LogP contribution in [0.3, 0.4) is 0 Å². The summed E-state index contributed by atoms with van der Waals surface area (Å²) in [4.78, 5) is 4.25. The number of halogens is 1. The Morgan fingerprint density at radius 2 is 2.00 bits per heavy atom. The molecular weight excluding hydrogens is 229 g/mol. The number of hydrogen-bond donors (Lipinski definition) is 1. The Balaban J connectivity index is 2.53. The number of anilines is 1. The number of benzene rings is 1. The van der Waals surface area contributed by atoms with Crippen LogP contribution in [-0.4, -0.2) is 9.55 Å². The Morgan fingerprint density at radius 1 is 1.33 bits per heavy atom. The maximum Gasteiger partial charge on any atom is 0.201 e. The van der Waals surface area contributed by atoms with E-state index in [9.17, 15) is 4.39 Å². The van der Waals surface area contributed by atoms with Crippen molar-refractivity contribution in [3.63, 3.8) is 0 Å². The molecule has 2 rings (SSSR count). The zero-order chi connectivity index (χ0) is 13.3. The minimum Gasteiger partial charge on any atom is -0.369 e. The maximum absolute atomic E-state index is 13.2. The Morgan fingerprint density at radius 3 is 2.61 bits per heavy atom. The molecule has 0 radical (unpaired) electrons. The van der Waals surface area contributed by atoms with Gasteiger partial charge in [0.2, 0.25) is 5.95 Å². The van der Waals surface area contributed by atoms with E-state index in [2.05, 4.69) is 25.8 Å². The number of imidazole rings is 1. The average molecular weight is 249 g/mol. The molecular formula is C14H20FN3. The minimum atomic E-state index is -0.276. The van der Waals surface area contributed by atoms with Crippen LogP contribution in [0, 0.1) is 11.7 Å². The molecule has 0 bridgehead atoms. The predicted octanol–water partition coefficient (Wildman–Crippen LogP) is 3.75. The van der Waals surface area contributed by atoms with Crippen molar-refractivity contribution >= 4 is 17.0 Å². The van der Waals surface area contributed by atoms with Gasteiger partial charge in [-0.1, -0.05) is 26.7 Å². The molecule has 4 heteroatoms. The van der Waals surface area contributed by atoms with E-state index in [0.29, 0.717) is 17.4 Å². The fraction of sp³-hybridized carbons (Fsp3) is 0.500. The van der Waals surface area contributed by atoms with Crippen LogP contribution in [0.2, 0.25) is 0 Å². The van der Waals surface area contributed by atoms with Gasteiger partial charge in [0.15, 0.2) is 0 Å². The minimum absolute atomic E-state index is 0.274. The first-order valence-electron chi connectivity index (χ1n) is 6.51. The summed E-state index contributed by atoms with van der Waals surface area (Å²) in [6.45, 7) is 6.51. The highest BCUT2D eigenvalue weighted by Gasteiger charge is 2.20.